The lowest BCUT2D eigenvalue weighted by atomic mass is 9.99. The third kappa shape index (κ3) is 8.31. The Labute approximate surface area is 83.2 Å². The largest absolute Gasteiger partial charge is 0.402 e. The van der Waals surface area contributed by atoms with Crippen molar-refractivity contribution in [3.63, 3.8) is 0 Å². The minimum atomic E-state index is -4.16. The van der Waals surface area contributed by atoms with Gasteiger partial charge in [-0.25, -0.2) is 5.43 Å². The van der Waals surface area contributed by atoms with E-state index in [1.807, 2.05) is 13.8 Å². The molecule has 0 amide bonds. The predicted octanol–water partition coefficient (Wildman–Crippen LogP) is 2.61. The second-order valence-electron chi connectivity index (χ2n) is 4.08. The van der Waals surface area contributed by atoms with Gasteiger partial charge in [-0.15, -0.1) is 0 Å². The quantitative estimate of drug-likeness (QED) is 0.661. The molecule has 0 fully saturated rings. The minimum Gasteiger partial charge on any atom is -0.252 e. The van der Waals surface area contributed by atoms with Crippen molar-refractivity contribution in [1.82, 2.24) is 10.9 Å². The second-order valence-corrected chi connectivity index (χ2v) is 4.08. The van der Waals surface area contributed by atoms with Crippen LogP contribution in [0.25, 0.3) is 0 Å². The number of alkyl halides is 3. The van der Waals surface area contributed by atoms with Gasteiger partial charge in [0.2, 0.25) is 0 Å². The molecule has 0 aliphatic rings. The third-order valence-electron chi connectivity index (χ3n) is 1.87. The highest BCUT2D eigenvalue weighted by molar-refractivity contribution is 4.75. The van der Waals surface area contributed by atoms with Gasteiger partial charge in [-0.1, -0.05) is 19.8 Å². The third-order valence-corrected chi connectivity index (χ3v) is 1.87. The first kappa shape index (κ1) is 13.7. The van der Waals surface area contributed by atoms with E-state index >= 15 is 0 Å². The maximum Gasteiger partial charge on any atom is 0.402 e. The van der Waals surface area contributed by atoms with Crippen LogP contribution in [0.15, 0.2) is 0 Å². The highest BCUT2D eigenvalue weighted by atomic mass is 19.4. The summed E-state index contributed by atoms with van der Waals surface area (Å²) in [6, 6.07) is 0. The highest BCUT2D eigenvalue weighted by Crippen LogP contribution is 2.14. The average Bonchev–Trinajstić information content (AvgIpc) is 1.98. The Hall–Kier alpha value is -0.290. The maximum absolute atomic E-state index is 11.8. The van der Waals surface area contributed by atoms with Gasteiger partial charge >= 0.3 is 6.18 Å². The molecule has 2 N–H and O–H groups in total. The lowest BCUT2D eigenvalue weighted by molar-refractivity contribution is -0.127. The average molecular weight is 212 g/mol. The van der Waals surface area contributed by atoms with Gasteiger partial charge in [0.25, 0.3) is 0 Å². The molecule has 0 aromatic rings. The zero-order chi connectivity index (χ0) is 11.2. The summed E-state index contributed by atoms with van der Waals surface area (Å²) in [7, 11) is 0. The van der Waals surface area contributed by atoms with Gasteiger partial charge in [0.15, 0.2) is 0 Å². The van der Waals surface area contributed by atoms with Crippen LogP contribution in [-0.2, 0) is 0 Å². The van der Waals surface area contributed by atoms with Crippen molar-refractivity contribution in [2.45, 2.75) is 51.7 Å². The Kier molecular flexibility index (Phi) is 5.44. The molecular formula is C9H19F3N2. The molecule has 5 heteroatoms. The van der Waals surface area contributed by atoms with Gasteiger partial charge in [-0.05, 0) is 20.3 Å². The number of halogens is 3. The normalized spacial score (nSPS) is 13.3. The van der Waals surface area contributed by atoms with Crippen LogP contribution in [0, 0.1) is 0 Å². The van der Waals surface area contributed by atoms with Crippen LogP contribution in [0.5, 0.6) is 0 Å². The van der Waals surface area contributed by atoms with Gasteiger partial charge < -0.3 is 0 Å². The van der Waals surface area contributed by atoms with E-state index in [2.05, 4.69) is 17.8 Å². The molecule has 0 saturated heterocycles. The van der Waals surface area contributed by atoms with Crippen LogP contribution in [0.4, 0.5) is 13.2 Å². The molecule has 0 bridgehead atoms. The van der Waals surface area contributed by atoms with Crippen molar-refractivity contribution in [3.05, 3.63) is 0 Å². The number of hydrazine groups is 1. The van der Waals surface area contributed by atoms with Crippen LogP contribution in [0.3, 0.4) is 0 Å². The van der Waals surface area contributed by atoms with E-state index in [1.54, 1.807) is 0 Å². The fourth-order valence-electron chi connectivity index (χ4n) is 1.06. The molecule has 0 aromatic carbocycles. The molecule has 0 spiro atoms. The van der Waals surface area contributed by atoms with Gasteiger partial charge in [0.05, 0.1) is 0 Å². The lowest BCUT2D eigenvalue weighted by Gasteiger charge is -2.26. The molecule has 14 heavy (non-hydrogen) atoms. The van der Waals surface area contributed by atoms with E-state index in [1.165, 1.54) is 0 Å². The van der Waals surface area contributed by atoms with Crippen LogP contribution in [-0.4, -0.2) is 18.3 Å². The zero-order valence-corrected chi connectivity index (χ0v) is 8.96. The van der Waals surface area contributed by atoms with Crippen molar-refractivity contribution < 1.29 is 13.2 Å². The Balaban J connectivity index is 3.65. The van der Waals surface area contributed by atoms with Crippen molar-refractivity contribution >= 4 is 0 Å². The fraction of sp³-hybridized carbons (Fsp3) is 1.00. The topological polar surface area (TPSA) is 24.1 Å². The Morgan fingerprint density at radius 2 is 1.71 bits per heavy atom. The molecule has 0 heterocycles. The second kappa shape index (κ2) is 5.56. The van der Waals surface area contributed by atoms with E-state index < -0.39 is 12.7 Å². The first-order valence-electron chi connectivity index (χ1n) is 4.83. The van der Waals surface area contributed by atoms with Crippen molar-refractivity contribution in [2.75, 3.05) is 6.54 Å². The fourth-order valence-corrected chi connectivity index (χ4v) is 1.06. The van der Waals surface area contributed by atoms with Crippen LogP contribution >= 0.6 is 0 Å². The molecule has 0 aromatic heterocycles. The van der Waals surface area contributed by atoms with E-state index in [-0.39, 0.29) is 5.54 Å². The molecular weight excluding hydrogens is 193 g/mol. The van der Waals surface area contributed by atoms with Crippen molar-refractivity contribution in [3.8, 4) is 0 Å². The first-order chi connectivity index (χ1) is 6.27. The molecule has 0 atom stereocenters. The highest BCUT2D eigenvalue weighted by Gasteiger charge is 2.27. The summed E-state index contributed by atoms with van der Waals surface area (Å²) in [6.45, 7) is 4.82. The summed E-state index contributed by atoms with van der Waals surface area (Å²) in [4.78, 5) is 0. The molecule has 0 rings (SSSR count). The van der Waals surface area contributed by atoms with Crippen LogP contribution in [0.1, 0.15) is 40.0 Å². The first-order valence-corrected chi connectivity index (χ1v) is 4.83. The Morgan fingerprint density at radius 1 is 1.14 bits per heavy atom. The van der Waals surface area contributed by atoms with Gasteiger partial charge in [0.1, 0.15) is 6.54 Å². The molecule has 0 aliphatic heterocycles. The molecule has 0 saturated carbocycles. The SMILES string of the molecule is CCCCC(C)(C)NNCC(F)(F)F. The van der Waals surface area contributed by atoms with E-state index in [9.17, 15) is 13.2 Å². The predicted molar refractivity (Wildman–Crippen MR) is 50.8 cm³/mol. The molecule has 0 unspecified atom stereocenters. The van der Waals surface area contributed by atoms with Crippen molar-refractivity contribution in [2.24, 2.45) is 0 Å². The maximum atomic E-state index is 11.8. The standard InChI is InChI=1S/C9H19F3N2/c1-4-5-6-8(2,3)14-13-7-9(10,11)12/h13-14H,4-7H2,1-3H3. The molecule has 0 radical (unpaired) electrons. The monoisotopic (exact) mass is 212 g/mol. The minimum absolute atomic E-state index is 0.290. The van der Waals surface area contributed by atoms with Gasteiger partial charge in [0, 0.05) is 5.54 Å². The van der Waals surface area contributed by atoms with Crippen LogP contribution in [0.2, 0.25) is 0 Å². The summed E-state index contributed by atoms with van der Waals surface area (Å²) >= 11 is 0. The summed E-state index contributed by atoms with van der Waals surface area (Å²) in [6.07, 6.45) is -1.25. The summed E-state index contributed by atoms with van der Waals surface area (Å²) < 4.78 is 35.3. The number of hydrogen-bond acceptors (Lipinski definition) is 2. The van der Waals surface area contributed by atoms with Crippen molar-refractivity contribution in [1.29, 1.82) is 0 Å². The summed E-state index contributed by atoms with van der Waals surface area (Å²) in [5, 5.41) is 0. The number of hydrogen-bond donors (Lipinski definition) is 2. The van der Waals surface area contributed by atoms with E-state index in [0.717, 1.165) is 19.3 Å². The Bertz CT molecular complexity index is 155. The summed E-state index contributed by atoms with van der Waals surface area (Å²) in [5.74, 6) is 0. The zero-order valence-electron chi connectivity index (χ0n) is 8.96. The number of unbranched alkanes of at least 4 members (excludes halogenated alkanes) is 1. The van der Waals surface area contributed by atoms with E-state index in [0.29, 0.717) is 0 Å². The summed E-state index contributed by atoms with van der Waals surface area (Å²) in [5.41, 5.74) is 4.59. The van der Waals surface area contributed by atoms with Gasteiger partial charge in [-0.2, -0.15) is 13.2 Å². The Morgan fingerprint density at radius 3 is 2.14 bits per heavy atom. The molecule has 86 valence electrons. The number of rotatable bonds is 6. The smallest absolute Gasteiger partial charge is 0.252 e. The van der Waals surface area contributed by atoms with E-state index in [4.69, 9.17) is 0 Å². The number of nitrogens with one attached hydrogen (secondary N) is 2. The molecule has 0 aliphatic carbocycles. The lowest BCUT2D eigenvalue weighted by Crippen LogP contribution is -2.50. The van der Waals surface area contributed by atoms with Crippen LogP contribution < -0.4 is 10.9 Å². The molecule has 2 nitrogen and oxygen atoms in total. The van der Waals surface area contributed by atoms with Gasteiger partial charge in [-0.3, -0.25) is 5.43 Å².